The number of carbonyl (C=O) groups is 1. The molecule has 1 saturated carbocycles. The van der Waals surface area contributed by atoms with E-state index in [1.165, 1.54) is 32.1 Å². The van der Waals surface area contributed by atoms with Crippen LogP contribution in [-0.2, 0) is 4.79 Å². The monoisotopic (exact) mass is 334 g/mol. The smallest absolute Gasteiger partial charge is 0.238 e. The van der Waals surface area contributed by atoms with Crippen LogP contribution in [0.4, 0.5) is 0 Å². The summed E-state index contributed by atoms with van der Waals surface area (Å²) in [5.41, 5.74) is 5.41. The van der Waals surface area contributed by atoms with Crippen LogP contribution in [0.2, 0.25) is 0 Å². The van der Waals surface area contributed by atoms with E-state index >= 15 is 0 Å². The normalized spacial score (nSPS) is 30.5. The Kier molecular flexibility index (Phi) is 7.06. The summed E-state index contributed by atoms with van der Waals surface area (Å²) in [5.74, 6) is 0.432. The average Bonchev–Trinajstić information content (AvgIpc) is 2.58. The molecule has 2 aliphatic rings. The van der Waals surface area contributed by atoms with E-state index in [2.05, 4.69) is 30.1 Å². The molecule has 0 radical (unpaired) electrons. The number of carbonyl (C=O) groups excluding carboxylic acids is 1. The number of nitrogens with two attached hydrogens (primary N) is 1. The van der Waals surface area contributed by atoms with Crippen molar-refractivity contribution in [1.82, 2.24) is 10.2 Å². The van der Waals surface area contributed by atoms with E-state index in [0.717, 1.165) is 25.9 Å². The lowest BCUT2D eigenvalue weighted by Gasteiger charge is -2.42. The molecule has 24 heavy (non-hydrogen) atoms. The molecule has 0 aromatic heterocycles. The van der Waals surface area contributed by atoms with Crippen LogP contribution in [0.5, 0.6) is 0 Å². The van der Waals surface area contributed by atoms with Crippen LogP contribution in [0.25, 0.3) is 0 Å². The molecular weight excluding hydrogens is 300 g/mol. The maximum Gasteiger partial charge on any atom is 0.238 e. The van der Waals surface area contributed by atoms with Gasteiger partial charge in [-0.1, -0.05) is 39.0 Å². The fourth-order valence-corrected chi connectivity index (χ4v) is 4.37. The van der Waals surface area contributed by atoms with Gasteiger partial charge in [0.1, 0.15) is 5.54 Å². The van der Waals surface area contributed by atoms with Gasteiger partial charge in [-0.25, -0.2) is 0 Å². The van der Waals surface area contributed by atoms with Gasteiger partial charge in [-0.3, -0.25) is 4.79 Å². The first-order valence-electron chi connectivity index (χ1n) is 9.72. The first-order valence-corrected chi connectivity index (χ1v) is 9.72. The Morgan fingerprint density at radius 1 is 1.42 bits per heavy atom. The molecule has 1 saturated heterocycles. The SMILES string of the molecule is CCCN1CCC(C#N)(NC(=O)C(N)CC2CCCCC2)CC1C. The second kappa shape index (κ2) is 8.82. The molecule has 1 aliphatic carbocycles. The van der Waals surface area contributed by atoms with Gasteiger partial charge in [-0.15, -0.1) is 0 Å². The number of hydrogen-bond donors (Lipinski definition) is 2. The lowest BCUT2D eigenvalue weighted by molar-refractivity contribution is -0.124. The van der Waals surface area contributed by atoms with E-state index in [-0.39, 0.29) is 5.91 Å². The number of amides is 1. The van der Waals surface area contributed by atoms with E-state index in [9.17, 15) is 10.1 Å². The topological polar surface area (TPSA) is 82.2 Å². The molecule has 2 fully saturated rings. The first kappa shape index (κ1) is 19.2. The van der Waals surface area contributed by atoms with E-state index in [4.69, 9.17) is 5.73 Å². The van der Waals surface area contributed by atoms with Gasteiger partial charge >= 0.3 is 0 Å². The summed E-state index contributed by atoms with van der Waals surface area (Å²) in [5, 5.41) is 12.7. The van der Waals surface area contributed by atoms with Gasteiger partial charge < -0.3 is 16.0 Å². The summed E-state index contributed by atoms with van der Waals surface area (Å²) >= 11 is 0. The Balaban J connectivity index is 1.89. The van der Waals surface area contributed by atoms with Crippen LogP contribution in [-0.4, -0.2) is 41.5 Å². The molecule has 0 bridgehead atoms. The fourth-order valence-electron chi connectivity index (χ4n) is 4.37. The van der Waals surface area contributed by atoms with Gasteiger partial charge in [0.2, 0.25) is 5.91 Å². The minimum absolute atomic E-state index is 0.140. The number of piperidine rings is 1. The van der Waals surface area contributed by atoms with Crippen LogP contribution in [0.15, 0.2) is 0 Å². The predicted molar refractivity (Wildman–Crippen MR) is 96.2 cm³/mol. The molecule has 3 N–H and O–H groups in total. The summed E-state index contributed by atoms with van der Waals surface area (Å²) in [6.07, 6.45) is 9.44. The Morgan fingerprint density at radius 2 is 2.12 bits per heavy atom. The zero-order chi connectivity index (χ0) is 17.6. The maximum absolute atomic E-state index is 12.6. The fraction of sp³-hybridized carbons (Fsp3) is 0.895. The first-order chi connectivity index (χ1) is 11.5. The number of hydrogen-bond acceptors (Lipinski definition) is 4. The van der Waals surface area contributed by atoms with Crippen LogP contribution in [0, 0.1) is 17.2 Å². The highest BCUT2D eigenvalue weighted by atomic mass is 16.2. The van der Waals surface area contributed by atoms with Crippen molar-refractivity contribution in [2.45, 2.75) is 89.3 Å². The molecule has 2 rings (SSSR count). The summed E-state index contributed by atoms with van der Waals surface area (Å²) in [4.78, 5) is 15.0. The molecule has 0 aromatic carbocycles. The molecule has 5 heteroatoms. The Hall–Kier alpha value is -1.12. The quantitative estimate of drug-likeness (QED) is 0.782. The number of rotatable bonds is 6. The zero-order valence-corrected chi connectivity index (χ0v) is 15.4. The van der Waals surface area contributed by atoms with Crippen molar-refractivity contribution in [2.75, 3.05) is 13.1 Å². The maximum atomic E-state index is 12.6. The van der Waals surface area contributed by atoms with Gasteiger partial charge in [0.05, 0.1) is 12.1 Å². The Labute approximate surface area is 147 Å². The second-order valence-corrected chi connectivity index (χ2v) is 7.87. The molecule has 3 atom stereocenters. The number of nitrogens with one attached hydrogen (secondary N) is 1. The van der Waals surface area contributed by atoms with Crippen molar-refractivity contribution in [2.24, 2.45) is 11.7 Å². The predicted octanol–water partition coefficient (Wildman–Crippen LogP) is 2.56. The molecule has 3 unspecified atom stereocenters. The van der Waals surface area contributed by atoms with E-state index in [1.807, 2.05) is 0 Å². The number of nitriles is 1. The third kappa shape index (κ3) is 4.94. The van der Waals surface area contributed by atoms with Gasteiger partial charge in [0.25, 0.3) is 0 Å². The molecule has 1 aliphatic heterocycles. The van der Waals surface area contributed by atoms with Gasteiger partial charge in [-0.05, 0) is 45.1 Å². The van der Waals surface area contributed by atoms with Crippen molar-refractivity contribution < 1.29 is 4.79 Å². The standard InChI is InChI=1S/C19H34N4O/c1-3-10-23-11-9-19(14-20,13-15(23)2)22-18(24)17(21)12-16-7-5-4-6-8-16/h15-17H,3-13,21H2,1-2H3,(H,22,24). The third-order valence-electron chi connectivity index (χ3n) is 5.83. The summed E-state index contributed by atoms with van der Waals surface area (Å²) < 4.78 is 0. The van der Waals surface area contributed by atoms with E-state index < -0.39 is 11.6 Å². The van der Waals surface area contributed by atoms with Crippen LogP contribution in [0.1, 0.15) is 71.6 Å². The highest BCUT2D eigenvalue weighted by Crippen LogP contribution is 2.29. The molecule has 136 valence electrons. The van der Waals surface area contributed by atoms with Gasteiger partial charge in [-0.2, -0.15) is 5.26 Å². The summed E-state index contributed by atoms with van der Waals surface area (Å²) in [6.45, 7) is 6.23. The van der Waals surface area contributed by atoms with Crippen LogP contribution < -0.4 is 11.1 Å². The lowest BCUT2D eigenvalue weighted by atomic mass is 9.83. The van der Waals surface area contributed by atoms with Crippen molar-refractivity contribution in [3.63, 3.8) is 0 Å². The van der Waals surface area contributed by atoms with Crippen molar-refractivity contribution >= 4 is 5.91 Å². The molecule has 1 amide bonds. The van der Waals surface area contributed by atoms with Gasteiger partial charge in [0, 0.05) is 12.6 Å². The molecular formula is C19H34N4O. The molecule has 1 heterocycles. The largest absolute Gasteiger partial charge is 0.336 e. The zero-order valence-electron chi connectivity index (χ0n) is 15.4. The molecule has 0 aromatic rings. The Bertz CT molecular complexity index is 455. The third-order valence-corrected chi connectivity index (χ3v) is 5.83. The summed E-state index contributed by atoms with van der Waals surface area (Å²) in [7, 11) is 0. The van der Waals surface area contributed by atoms with E-state index in [1.54, 1.807) is 0 Å². The second-order valence-electron chi connectivity index (χ2n) is 7.87. The average molecular weight is 335 g/mol. The van der Waals surface area contributed by atoms with Crippen molar-refractivity contribution in [3.05, 3.63) is 0 Å². The number of likely N-dealkylation sites (tertiary alicyclic amines) is 1. The van der Waals surface area contributed by atoms with Crippen LogP contribution in [0.3, 0.4) is 0 Å². The van der Waals surface area contributed by atoms with Gasteiger partial charge in [0.15, 0.2) is 0 Å². The lowest BCUT2D eigenvalue weighted by Crippen LogP contribution is -2.60. The van der Waals surface area contributed by atoms with Crippen molar-refractivity contribution in [3.8, 4) is 6.07 Å². The van der Waals surface area contributed by atoms with Crippen molar-refractivity contribution in [1.29, 1.82) is 5.26 Å². The summed E-state index contributed by atoms with van der Waals surface area (Å²) in [6, 6.07) is 2.21. The minimum Gasteiger partial charge on any atom is -0.336 e. The number of nitrogens with zero attached hydrogens (tertiary/aromatic N) is 2. The molecule has 0 spiro atoms. The minimum atomic E-state index is -0.745. The Morgan fingerprint density at radius 3 is 2.71 bits per heavy atom. The highest BCUT2D eigenvalue weighted by Gasteiger charge is 2.40. The van der Waals surface area contributed by atoms with Crippen LogP contribution >= 0.6 is 0 Å². The molecule has 5 nitrogen and oxygen atoms in total. The van der Waals surface area contributed by atoms with E-state index in [0.29, 0.717) is 24.8 Å². The highest BCUT2D eigenvalue weighted by molar-refractivity contribution is 5.82.